The van der Waals surface area contributed by atoms with Crippen LogP contribution in [0.25, 0.3) is 0 Å². The highest BCUT2D eigenvalue weighted by Crippen LogP contribution is 2.21. The Morgan fingerprint density at radius 1 is 1.14 bits per heavy atom. The first-order valence-electron chi connectivity index (χ1n) is 9.70. The van der Waals surface area contributed by atoms with Crippen molar-refractivity contribution in [3.05, 3.63) is 58.6 Å². The van der Waals surface area contributed by atoms with Gasteiger partial charge < -0.3 is 19.9 Å². The van der Waals surface area contributed by atoms with Crippen LogP contribution in [-0.2, 0) is 11.3 Å². The minimum Gasteiger partial charge on any atom is -0.496 e. The molecule has 2 amide bonds. The number of likely N-dealkylation sites (N-methyl/N-ethyl adjacent to an activating group) is 1. The van der Waals surface area contributed by atoms with E-state index < -0.39 is 0 Å². The molecule has 0 aliphatic carbocycles. The maximum atomic E-state index is 12.5. The normalized spacial score (nSPS) is 11.6. The molecule has 0 aliphatic heterocycles. The topological polar surface area (TPSA) is 63.1 Å². The number of quaternary nitrogens is 1. The highest BCUT2D eigenvalue weighted by atomic mass is 35.5. The zero-order valence-electron chi connectivity index (χ0n) is 17.4. The van der Waals surface area contributed by atoms with E-state index >= 15 is 0 Å². The van der Waals surface area contributed by atoms with E-state index in [9.17, 15) is 9.59 Å². The number of nitrogens with zero attached hydrogens (tertiary/aromatic N) is 1. The average Bonchev–Trinajstić information content (AvgIpc) is 2.69. The molecule has 0 heterocycles. The van der Waals surface area contributed by atoms with Crippen LogP contribution in [0.15, 0.2) is 42.5 Å². The smallest absolute Gasteiger partial charge is 0.279 e. The quantitative estimate of drug-likeness (QED) is 0.657. The van der Waals surface area contributed by atoms with Gasteiger partial charge in [-0.2, -0.15) is 0 Å². The zero-order chi connectivity index (χ0) is 21.4. The minimum atomic E-state index is -0.129. The predicted molar refractivity (Wildman–Crippen MR) is 116 cm³/mol. The van der Waals surface area contributed by atoms with Gasteiger partial charge in [0.15, 0.2) is 6.54 Å². The van der Waals surface area contributed by atoms with Crippen LogP contribution in [0, 0.1) is 0 Å². The summed E-state index contributed by atoms with van der Waals surface area (Å²) in [6, 6.07) is 12.5. The van der Waals surface area contributed by atoms with Gasteiger partial charge in [-0.05, 0) is 50.2 Å². The van der Waals surface area contributed by atoms with Crippen LogP contribution in [0.3, 0.4) is 0 Å². The van der Waals surface area contributed by atoms with Gasteiger partial charge in [0.25, 0.3) is 11.8 Å². The van der Waals surface area contributed by atoms with Gasteiger partial charge in [-0.15, -0.1) is 0 Å². The SMILES string of the molecule is CCN(CC)C(=O)c1cccc(NC(=O)C[NH+](C)Cc2cc(Cl)ccc2OC)c1. The molecule has 0 bridgehead atoms. The molecule has 2 N–H and O–H groups in total. The maximum Gasteiger partial charge on any atom is 0.279 e. The third-order valence-electron chi connectivity index (χ3n) is 4.64. The van der Waals surface area contributed by atoms with E-state index in [2.05, 4.69) is 5.32 Å². The highest BCUT2D eigenvalue weighted by Gasteiger charge is 2.16. The molecule has 6 nitrogen and oxygen atoms in total. The molecule has 1 atom stereocenters. The van der Waals surface area contributed by atoms with Crippen molar-refractivity contribution in [3.8, 4) is 5.75 Å². The molecule has 0 aliphatic rings. The molecule has 2 aromatic rings. The lowest BCUT2D eigenvalue weighted by atomic mass is 10.1. The molecule has 2 rings (SSSR count). The van der Waals surface area contributed by atoms with Gasteiger partial charge in [0.2, 0.25) is 0 Å². The molecule has 1 unspecified atom stereocenters. The third-order valence-corrected chi connectivity index (χ3v) is 4.88. The van der Waals surface area contributed by atoms with E-state index in [0.29, 0.717) is 35.9 Å². The van der Waals surface area contributed by atoms with Crippen molar-refractivity contribution in [3.63, 3.8) is 0 Å². The largest absolute Gasteiger partial charge is 0.496 e. The van der Waals surface area contributed by atoms with Crippen LogP contribution < -0.4 is 15.0 Å². The molecule has 0 saturated carbocycles. The number of carbonyl (C=O) groups is 2. The second kappa shape index (κ2) is 10.8. The van der Waals surface area contributed by atoms with Crippen molar-refractivity contribution in [1.82, 2.24) is 4.90 Å². The number of hydrogen-bond donors (Lipinski definition) is 2. The molecule has 29 heavy (non-hydrogen) atoms. The van der Waals surface area contributed by atoms with Crippen LogP contribution in [-0.4, -0.2) is 50.5 Å². The van der Waals surface area contributed by atoms with Gasteiger partial charge in [-0.25, -0.2) is 0 Å². The fourth-order valence-corrected chi connectivity index (χ4v) is 3.37. The van der Waals surface area contributed by atoms with E-state index in [1.807, 2.05) is 33.0 Å². The number of ether oxygens (including phenoxy) is 1. The summed E-state index contributed by atoms with van der Waals surface area (Å²) in [6.45, 7) is 6.04. The molecule has 0 spiro atoms. The van der Waals surface area contributed by atoms with Crippen LogP contribution in [0.2, 0.25) is 5.02 Å². The number of methoxy groups -OCH3 is 1. The monoisotopic (exact) mass is 418 g/mol. The number of carbonyl (C=O) groups excluding carboxylic acids is 2. The van der Waals surface area contributed by atoms with Gasteiger partial charge in [0.1, 0.15) is 12.3 Å². The Morgan fingerprint density at radius 2 is 1.86 bits per heavy atom. The lowest BCUT2D eigenvalue weighted by molar-refractivity contribution is -0.885. The van der Waals surface area contributed by atoms with E-state index in [-0.39, 0.29) is 18.4 Å². The van der Waals surface area contributed by atoms with Gasteiger partial charge in [0, 0.05) is 34.9 Å². The number of hydrogen-bond acceptors (Lipinski definition) is 3. The lowest BCUT2D eigenvalue weighted by Gasteiger charge is -2.19. The third kappa shape index (κ3) is 6.48. The molecule has 0 saturated heterocycles. The van der Waals surface area contributed by atoms with Crippen molar-refractivity contribution in [2.24, 2.45) is 0 Å². The van der Waals surface area contributed by atoms with Crippen molar-refractivity contribution < 1.29 is 19.2 Å². The summed E-state index contributed by atoms with van der Waals surface area (Å²) in [5, 5.41) is 3.51. The van der Waals surface area contributed by atoms with E-state index in [4.69, 9.17) is 16.3 Å². The van der Waals surface area contributed by atoms with Crippen LogP contribution in [0.1, 0.15) is 29.8 Å². The standard InChI is InChI=1S/C22H28ClN3O3/c1-5-26(6-2)22(28)16-8-7-9-19(13-16)24-21(27)15-25(3)14-17-12-18(23)10-11-20(17)29-4/h7-13H,5-6,14-15H2,1-4H3,(H,24,27)/p+1. The first kappa shape index (κ1) is 22.7. The second-order valence-corrected chi connectivity index (χ2v) is 7.31. The summed E-state index contributed by atoms with van der Waals surface area (Å²) >= 11 is 6.08. The van der Waals surface area contributed by atoms with Gasteiger partial charge in [-0.3, -0.25) is 9.59 Å². The first-order valence-corrected chi connectivity index (χ1v) is 10.1. The van der Waals surface area contributed by atoms with Gasteiger partial charge >= 0.3 is 0 Å². The van der Waals surface area contributed by atoms with Gasteiger partial charge in [0.05, 0.1) is 14.2 Å². The van der Waals surface area contributed by atoms with Gasteiger partial charge in [-0.1, -0.05) is 17.7 Å². The highest BCUT2D eigenvalue weighted by molar-refractivity contribution is 6.30. The molecular weight excluding hydrogens is 390 g/mol. The summed E-state index contributed by atoms with van der Waals surface area (Å²) in [4.78, 5) is 27.7. The Morgan fingerprint density at radius 3 is 2.52 bits per heavy atom. The Balaban J connectivity index is 1.99. The Bertz CT molecular complexity index is 853. The van der Waals surface area contributed by atoms with Crippen LogP contribution in [0.4, 0.5) is 5.69 Å². The lowest BCUT2D eigenvalue weighted by Crippen LogP contribution is -3.08. The number of nitrogens with one attached hydrogen (secondary N) is 2. The van der Waals surface area contributed by atoms with Crippen molar-refractivity contribution in [1.29, 1.82) is 0 Å². The van der Waals surface area contributed by atoms with Crippen LogP contribution in [0.5, 0.6) is 5.75 Å². The number of halogens is 1. The average molecular weight is 419 g/mol. The fraction of sp³-hybridized carbons (Fsp3) is 0.364. The maximum absolute atomic E-state index is 12.5. The second-order valence-electron chi connectivity index (χ2n) is 6.87. The fourth-order valence-electron chi connectivity index (χ4n) is 3.18. The van der Waals surface area contributed by atoms with Crippen LogP contribution >= 0.6 is 11.6 Å². The van der Waals surface area contributed by atoms with E-state index in [1.54, 1.807) is 42.3 Å². The Labute approximate surface area is 177 Å². The van der Waals surface area contributed by atoms with E-state index in [1.165, 1.54) is 0 Å². The number of rotatable bonds is 9. The molecule has 156 valence electrons. The van der Waals surface area contributed by atoms with Crippen molar-refractivity contribution in [2.45, 2.75) is 20.4 Å². The molecule has 0 aromatic heterocycles. The zero-order valence-corrected chi connectivity index (χ0v) is 18.2. The predicted octanol–water partition coefficient (Wildman–Crippen LogP) is 2.48. The van der Waals surface area contributed by atoms with Crippen molar-refractivity contribution in [2.75, 3.05) is 39.1 Å². The summed E-state index contributed by atoms with van der Waals surface area (Å²) in [5.41, 5.74) is 2.12. The number of benzene rings is 2. The minimum absolute atomic E-state index is 0.0399. The molecular formula is C22H29ClN3O3+. The van der Waals surface area contributed by atoms with E-state index in [0.717, 1.165) is 16.2 Å². The molecule has 0 fully saturated rings. The number of anilines is 1. The first-order chi connectivity index (χ1) is 13.9. The van der Waals surface area contributed by atoms with Crippen molar-refractivity contribution >= 4 is 29.1 Å². The Kier molecular flexibility index (Phi) is 8.49. The molecule has 0 radical (unpaired) electrons. The number of amides is 2. The summed E-state index contributed by atoms with van der Waals surface area (Å²) in [7, 11) is 3.54. The summed E-state index contributed by atoms with van der Waals surface area (Å²) < 4.78 is 5.37. The summed E-state index contributed by atoms with van der Waals surface area (Å²) in [5.74, 6) is 0.578. The molecule has 2 aromatic carbocycles. The molecule has 7 heteroatoms. The summed E-state index contributed by atoms with van der Waals surface area (Å²) in [6.07, 6.45) is 0. The Hall–Kier alpha value is -2.57.